The Morgan fingerprint density at radius 1 is 1.05 bits per heavy atom. The summed E-state index contributed by atoms with van der Waals surface area (Å²) in [4.78, 5) is 41.6. The maximum absolute atomic E-state index is 12.8. The molecule has 38 heavy (non-hydrogen) atoms. The number of benzene rings is 1. The highest BCUT2D eigenvalue weighted by atomic mass is 16.5. The minimum Gasteiger partial charge on any atom is -0.495 e. The molecule has 1 aliphatic carbocycles. The number of rotatable bonds is 6. The first kappa shape index (κ1) is 24.5. The third kappa shape index (κ3) is 4.62. The number of hydrogen-bond acceptors (Lipinski definition) is 7. The Labute approximate surface area is 222 Å². The highest BCUT2D eigenvalue weighted by Crippen LogP contribution is 2.48. The summed E-state index contributed by atoms with van der Waals surface area (Å²) in [6, 6.07) is 10.7. The minimum atomic E-state index is -0.573. The van der Waals surface area contributed by atoms with E-state index in [-0.39, 0.29) is 11.6 Å². The SMILES string of the molecule is COc1ccc(CC(=O)N2CCC3(CC2)CN(C2CCc4cc(-c5cnc(C(N)=O)cn5)ccc42)C3)nc1. The predicted molar refractivity (Wildman–Crippen MR) is 141 cm³/mol. The fourth-order valence-corrected chi connectivity index (χ4v) is 6.22. The zero-order chi connectivity index (χ0) is 26.3. The molecule has 9 nitrogen and oxygen atoms in total. The number of fused-ring (bicyclic) bond motifs is 1. The summed E-state index contributed by atoms with van der Waals surface area (Å²) in [5, 5.41) is 0. The summed E-state index contributed by atoms with van der Waals surface area (Å²) in [6.45, 7) is 3.84. The number of pyridine rings is 1. The molecule has 2 saturated heterocycles. The number of aryl methyl sites for hydroxylation is 1. The minimum absolute atomic E-state index is 0.156. The maximum atomic E-state index is 12.8. The summed E-state index contributed by atoms with van der Waals surface area (Å²) in [6.07, 6.45) is 9.33. The molecule has 0 saturated carbocycles. The lowest BCUT2D eigenvalue weighted by Crippen LogP contribution is -2.61. The molecule has 2 aromatic heterocycles. The van der Waals surface area contributed by atoms with Crippen molar-refractivity contribution < 1.29 is 14.3 Å². The fourth-order valence-electron chi connectivity index (χ4n) is 6.22. The normalized spacial score (nSPS) is 20.1. The summed E-state index contributed by atoms with van der Waals surface area (Å²) in [5.41, 5.74) is 11.1. The highest BCUT2D eigenvalue weighted by molar-refractivity contribution is 5.90. The van der Waals surface area contributed by atoms with Crippen LogP contribution in [0.3, 0.4) is 0 Å². The van der Waals surface area contributed by atoms with Crippen molar-refractivity contribution in [2.24, 2.45) is 11.1 Å². The smallest absolute Gasteiger partial charge is 0.268 e. The fraction of sp³-hybridized carbons (Fsp3) is 0.414. The third-order valence-electron chi connectivity index (χ3n) is 8.45. The van der Waals surface area contributed by atoms with Gasteiger partial charge in [-0.05, 0) is 60.4 Å². The molecule has 1 atom stereocenters. The quantitative estimate of drug-likeness (QED) is 0.540. The Kier molecular flexibility index (Phi) is 6.31. The van der Waals surface area contributed by atoms with E-state index in [4.69, 9.17) is 10.5 Å². The van der Waals surface area contributed by atoms with E-state index in [0.717, 1.165) is 68.8 Å². The van der Waals surface area contributed by atoms with Gasteiger partial charge < -0.3 is 15.4 Å². The molecule has 1 unspecified atom stereocenters. The standard InChI is InChI=1S/C29H32N6O3/c1-38-22-5-4-21(31-14-22)13-27(36)34-10-8-29(9-11-34)17-35(18-29)26-7-3-19-12-20(2-6-23(19)26)24-15-33-25(16-32-24)28(30)37/h2,4-6,12,14-16,26H,3,7-11,13,17-18H2,1H3,(H2,30,37). The number of primary amides is 1. The zero-order valence-electron chi connectivity index (χ0n) is 21.6. The number of carbonyl (C=O) groups is 2. The zero-order valence-corrected chi connectivity index (χ0v) is 21.6. The molecule has 6 rings (SSSR count). The first-order valence-corrected chi connectivity index (χ1v) is 13.2. The predicted octanol–water partition coefficient (Wildman–Crippen LogP) is 2.80. The Balaban J connectivity index is 1.03. The number of carbonyl (C=O) groups excluding carboxylic acids is 2. The van der Waals surface area contributed by atoms with E-state index in [9.17, 15) is 9.59 Å². The Morgan fingerprint density at radius 2 is 1.87 bits per heavy atom. The summed E-state index contributed by atoms with van der Waals surface area (Å²) in [5.74, 6) is 0.283. The molecule has 3 aromatic rings. The molecule has 1 spiro atoms. The number of hydrogen-bond donors (Lipinski definition) is 1. The number of ether oxygens (including phenoxy) is 1. The van der Waals surface area contributed by atoms with Gasteiger partial charge >= 0.3 is 0 Å². The summed E-state index contributed by atoms with van der Waals surface area (Å²) in [7, 11) is 1.61. The van der Waals surface area contributed by atoms with Crippen LogP contribution in [0.25, 0.3) is 11.3 Å². The average molecular weight is 513 g/mol. The summed E-state index contributed by atoms with van der Waals surface area (Å²) < 4.78 is 5.15. The molecule has 2 N–H and O–H groups in total. The van der Waals surface area contributed by atoms with Gasteiger partial charge in [0.05, 0.1) is 37.8 Å². The number of aromatic nitrogens is 3. The van der Waals surface area contributed by atoms with E-state index >= 15 is 0 Å². The molecular weight excluding hydrogens is 480 g/mol. The van der Waals surface area contributed by atoms with Crippen molar-refractivity contribution in [3.05, 3.63) is 71.4 Å². The van der Waals surface area contributed by atoms with Gasteiger partial charge in [-0.2, -0.15) is 0 Å². The van der Waals surface area contributed by atoms with Crippen LogP contribution < -0.4 is 10.5 Å². The van der Waals surface area contributed by atoms with Gasteiger partial charge in [-0.15, -0.1) is 0 Å². The van der Waals surface area contributed by atoms with E-state index < -0.39 is 5.91 Å². The van der Waals surface area contributed by atoms with Gasteiger partial charge in [0, 0.05) is 43.5 Å². The van der Waals surface area contributed by atoms with Crippen LogP contribution >= 0.6 is 0 Å². The second-order valence-corrected chi connectivity index (χ2v) is 10.8. The van der Waals surface area contributed by atoms with E-state index in [1.807, 2.05) is 17.0 Å². The molecule has 2 amide bonds. The van der Waals surface area contributed by atoms with Crippen molar-refractivity contribution in [2.75, 3.05) is 33.3 Å². The van der Waals surface area contributed by atoms with Gasteiger partial charge in [0.15, 0.2) is 0 Å². The monoisotopic (exact) mass is 512 g/mol. The number of nitrogens with zero attached hydrogens (tertiary/aromatic N) is 5. The van der Waals surface area contributed by atoms with Crippen molar-refractivity contribution >= 4 is 11.8 Å². The van der Waals surface area contributed by atoms with Gasteiger partial charge in [-0.25, -0.2) is 4.98 Å². The van der Waals surface area contributed by atoms with Crippen LogP contribution in [0, 0.1) is 5.41 Å². The molecule has 3 aliphatic rings. The first-order valence-electron chi connectivity index (χ1n) is 13.2. The number of amides is 2. The van der Waals surface area contributed by atoms with Crippen LogP contribution in [-0.2, 0) is 17.6 Å². The van der Waals surface area contributed by atoms with Gasteiger partial charge in [-0.3, -0.25) is 24.5 Å². The number of likely N-dealkylation sites (tertiary alicyclic amines) is 2. The van der Waals surface area contributed by atoms with E-state index in [0.29, 0.717) is 23.6 Å². The molecule has 4 heterocycles. The van der Waals surface area contributed by atoms with Crippen LogP contribution in [0.4, 0.5) is 0 Å². The molecule has 196 valence electrons. The maximum Gasteiger partial charge on any atom is 0.268 e. The van der Waals surface area contributed by atoms with Crippen LogP contribution in [0.2, 0.25) is 0 Å². The topological polar surface area (TPSA) is 115 Å². The van der Waals surface area contributed by atoms with Crippen LogP contribution in [-0.4, -0.2) is 69.9 Å². The Morgan fingerprint density at radius 3 is 2.53 bits per heavy atom. The van der Waals surface area contributed by atoms with Gasteiger partial charge in [0.1, 0.15) is 11.4 Å². The van der Waals surface area contributed by atoms with Gasteiger partial charge in [0.2, 0.25) is 5.91 Å². The van der Waals surface area contributed by atoms with Crippen molar-refractivity contribution in [1.29, 1.82) is 0 Å². The summed E-state index contributed by atoms with van der Waals surface area (Å²) >= 11 is 0. The van der Waals surface area contributed by atoms with Crippen LogP contribution in [0.5, 0.6) is 5.75 Å². The van der Waals surface area contributed by atoms with Crippen molar-refractivity contribution in [1.82, 2.24) is 24.8 Å². The lowest BCUT2D eigenvalue weighted by atomic mass is 9.71. The highest BCUT2D eigenvalue weighted by Gasteiger charge is 2.48. The lowest BCUT2D eigenvalue weighted by molar-refractivity contribution is -0.136. The molecule has 0 bridgehead atoms. The largest absolute Gasteiger partial charge is 0.495 e. The molecule has 1 aromatic carbocycles. The van der Waals surface area contributed by atoms with Crippen LogP contribution in [0.15, 0.2) is 48.9 Å². The van der Waals surface area contributed by atoms with Crippen LogP contribution in [0.1, 0.15) is 52.6 Å². The molecule has 2 fully saturated rings. The molecule has 0 radical (unpaired) electrons. The number of piperidine rings is 1. The first-order chi connectivity index (χ1) is 18.4. The molecular formula is C29H32N6O3. The average Bonchev–Trinajstić information content (AvgIpc) is 3.35. The number of nitrogens with two attached hydrogens (primary N) is 1. The Bertz CT molecular complexity index is 1340. The molecule has 9 heteroatoms. The van der Waals surface area contributed by atoms with Gasteiger partial charge in [0.25, 0.3) is 5.91 Å². The van der Waals surface area contributed by atoms with Crippen molar-refractivity contribution in [2.45, 2.75) is 38.1 Å². The second kappa shape index (κ2) is 9.79. The third-order valence-corrected chi connectivity index (χ3v) is 8.45. The van der Waals surface area contributed by atoms with Gasteiger partial charge in [-0.1, -0.05) is 12.1 Å². The molecule has 2 aliphatic heterocycles. The van der Waals surface area contributed by atoms with Crippen molar-refractivity contribution in [3.63, 3.8) is 0 Å². The number of methoxy groups -OCH3 is 1. The van der Waals surface area contributed by atoms with E-state index in [1.165, 1.54) is 17.3 Å². The van der Waals surface area contributed by atoms with Crippen molar-refractivity contribution in [3.8, 4) is 17.0 Å². The van der Waals surface area contributed by atoms with E-state index in [2.05, 4.69) is 38.1 Å². The second-order valence-electron chi connectivity index (χ2n) is 10.8. The van der Waals surface area contributed by atoms with E-state index in [1.54, 1.807) is 19.5 Å². The Hall–Kier alpha value is -3.85. The lowest BCUT2D eigenvalue weighted by Gasteiger charge is -2.56.